The van der Waals surface area contributed by atoms with E-state index in [1.807, 2.05) is 0 Å². The van der Waals surface area contributed by atoms with Crippen molar-refractivity contribution < 1.29 is 4.42 Å². The lowest BCUT2D eigenvalue weighted by Crippen LogP contribution is -2.36. The number of H-pyrrole nitrogens is 1. The minimum Gasteiger partial charge on any atom is -0.397 e. The zero-order valence-corrected chi connectivity index (χ0v) is 13.6. The first kappa shape index (κ1) is 15.9. The van der Waals surface area contributed by atoms with Crippen molar-refractivity contribution in [2.75, 3.05) is 24.1 Å². The Bertz CT molecular complexity index is 736. The van der Waals surface area contributed by atoms with Gasteiger partial charge in [0.2, 0.25) is 5.89 Å². The predicted molar refractivity (Wildman–Crippen MR) is 90.7 cm³/mol. The Labute approximate surface area is 138 Å². The molecule has 1 unspecified atom stereocenters. The molecule has 1 aliphatic rings. The highest BCUT2D eigenvalue weighted by Crippen LogP contribution is 2.34. The van der Waals surface area contributed by atoms with Crippen LogP contribution in [0.5, 0.6) is 0 Å². The molecule has 7 nitrogen and oxygen atoms in total. The van der Waals surface area contributed by atoms with Gasteiger partial charge in [-0.15, -0.1) is 5.10 Å². The van der Waals surface area contributed by atoms with Crippen LogP contribution in [-0.2, 0) is 0 Å². The Kier molecular flexibility index (Phi) is 4.58. The summed E-state index contributed by atoms with van der Waals surface area (Å²) in [4.78, 5) is 11.1. The molecule has 8 heteroatoms. The number of nitrogens with two attached hydrogens (primary N) is 1. The number of aromatic amines is 1. The van der Waals surface area contributed by atoms with Crippen LogP contribution in [0.15, 0.2) is 21.3 Å². The molecule has 1 saturated heterocycles. The first-order valence-electron chi connectivity index (χ1n) is 7.66. The first-order chi connectivity index (χ1) is 11.0. The largest absolute Gasteiger partial charge is 0.434 e. The quantitative estimate of drug-likeness (QED) is 0.636. The van der Waals surface area contributed by atoms with Gasteiger partial charge in [-0.3, -0.25) is 0 Å². The van der Waals surface area contributed by atoms with Crippen LogP contribution in [0, 0.1) is 5.92 Å². The van der Waals surface area contributed by atoms with E-state index in [4.69, 9.17) is 21.8 Å². The van der Waals surface area contributed by atoms with Crippen molar-refractivity contribution >= 4 is 23.0 Å². The summed E-state index contributed by atoms with van der Waals surface area (Å²) in [5, 5.41) is 13.3. The molecule has 1 aliphatic heterocycles. The van der Waals surface area contributed by atoms with Crippen molar-refractivity contribution in [3.8, 4) is 11.5 Å². The molecule has 0 saturated carbocycles. The Morgan fingerprint density at radius 1 is 1.43 bits per heavy atom. The Morgan fingerprint density at radius 3 is 2.83 bits per heavy atom. The number of nitrogens with one attached hydrogen (secondary N) is 3. The molecule has 2 aromatic rings. The van der Waals surface area contributed by atoms with Crippen molar-refractivity contribution in [3.05, 3.63) is 27.7 Å². The van der Waals surface area contributed by atoms with Gasteiger partial charge in [0.05, 0.1) is 16.4 Å². The van der Waals surface area contributed by atoms with E-state index in [-0.39, 0.29) is 11.9 Å². The maximum Gasteiger partial charge on any atom is 0.434 e. The van der Waals surface area contributed by atoms with Crippen molar-refractivity contribution in [1.82, 2.24) is 15.5 Å². The number of hydrogen-bond acceptors (Lipinski definition) is 6. The number of rotatable bonds is 4. The second-order valence-electron chi connectivity index (χ2n) is 5.87. The third-order valence-corrected chi connectivity index (χ3v) is 4.68. The van der Waals surface area contributed by atoms with Gasteiger partial charge in [0.25, 0.3) is 0 Å². The lowest BCUT2D eigenvalue weighted by Gasteiger charge is -2.30. The van der Waals surface area contributed by atoms with Crippen LogP contribution in [0.25, 0.3) is 11.5 Å². The number of nitrogen functional groups attached to an aromatic ring is 1. The summed E-state index contributed by atoms with van der Waals surface area (Å²) in [7, 11) is 0. The monoisotopic (exact) mass is 337 g/mol. The highest BCUT2D eigenvalue weighted by Gasteiger charge is 2.21. The summed E-state index contributed by atoms with van der Waals surface area (Å²) in [5.74, 6) is 0.155. The fourth-order valence-corrected chi connectivity index (χ4v) is 3.10. The van der Waals surface area contributed by atoms with E-state index < -0.39 is 5.76 Å². The number of benzene rings is 1. The molecular formula is C15H20ClN5O2. The van der Waals surface area contributed by atoms with E-state index in [9.17, 15) is 4.79 Å². The number of aromatic nitrogens is 2. The standard InChI is InChI=1S/C15H20ClN5O2/c1-8(9-2-4-18-5-3-9)19-12-7-10(6-11(17)13(12)16)14-20-21-15(22)23-14/h6-9,18-19H,2-5,17H2,1H3,(H,21,22). The van der Waals surface area contributed by atoms with Gasteiger partial charge in [0.15, 0.2) is 0 Å². The maximum atomic E-state index is 11.1. The molecule has 1 aromatic carbocycles. The van der Waals surface area contributed by atoms with Crippen LogP contribution in [0.2, 0.25) is 5.02 Å². The minimum absolute atomic E-state index is 0.191. The Morgan fingerprint density at radius 2 is 2.17 bits per heavy atom. The lowest BCUT2D eigenvalue weighted by atomic mass is 9.91. The Balaban J connectivity index is 1.85. The number of anilines is 2. The van der Waals surface area contributed by atoms with Gasteiger partial charge < -0.3 is 20.8 Å². The predicted octanol–water partition coefficient (Wildman–Crippen LogP) is 2.07. The minimum atomic E-state index is -0.605. The van der Waals surface area contributed by atoms with E-state index in [0.29, 0.717) is 22.2 Å². The van der Waals surface area contributed by atoms with Crippen molar-refractivity contribution in [2.45, 2.75) is 25.8 Å². The molecular weight excluding hydrogens is 318 g/mol. The molecule has 0 spiro atoms. The van der Waals surface area contributed by atoms with Crippen LogP contribution in [0.4, 0.5) is 11.4 Å². The van der Waals surface area contributed by atoms with Crippen LogP contribution in [-0.4, -0.2) is 29.3 Å². The van der Waals surface area contributed by atoms with E-state index in [1.54, 1.807) is 12.1 Å². The molecule has 3 rings (SSSR count). The fourth-order valence-electron chi connectivity index (χ4n) is 2.94. The molecule has 0 bridgehead atoms. The van der Waals surface area contributed by atoms with E-state index in [1.165, 1.54) is 0 Å². The van der Waals surface area contributed by atoms with E-state index in [0.717, 1.165) is 31.6 Å². The van der Waals surface area contributed by atoms with Gasteiger partial charge in [-0.05, 0) is 50.9 Å². The number of piperidine rings is 1. The molecule has 23 heavy (non-hydrogen) atoms. The summed E-state index contributed by atoms with van der Waals surface area (Å²) in [5.41, 5.74) is 7.71. The second-order valence-corrected chi connectivity index (χ2v) is 6.24. The highest BCUT2D eigenvalue weighted by atomic mass is 35.5. The van der Waals surface area contributed by atoms with Crippen LogP contribution in [0.3, 0.4) is 0 Å². The molecule has 2 heterocycles. The second kappa shape index (κ2) is 6.64. The van der Waals surface area contributed by atoms with Gasteiger partial charge >= 0.3 is 5.76 Å². The summed E-state index contributed by atoms with van der Waals surface area (Å²) >= 11 is 6.32. The Hall–Kier alpha value is -1.99. The summed E-state index contributed by atoms with van der Waals surface area (Å²) in [6.45, 7) is 4.21. The molecule has 1 atom stereocenters. The molecule has 0 radical (unpaired) electrons. The van der Waals surface area contributed by atoms with Gasteiger partial charge in [-0.25, -0.2) is 9.89 Å². The van der Waals surface area contributed by atoms with E-state index >= 15 is 0 Å². The third kappa shape index (κ3) is 3.51. The fraction of sp³-hybridized carbons (Fsp3) is 0.467. The average Bonchev–Trinajstić information content (AvgIpc) is 2.99. The smallest absolute Gasteiger partial charge is 0.397 e. The third-order valence-electron chi connectivity index (χ3n) is 4.26. The van der Waals surface area contributed by atoms with Gasteiger partial charge in [-0.1, -0.05) is 11.6 Å². The van der Waals surface area contributed by atoms with Gasteiger partial charge in [0, 0.05) is 11.6 Å². The highest BCUT2D eigenvalue weighted by molar-refractivity contribution is 6.35. The number of nitrogens with zero attached hydrogens (tertiary/aromatic N) is 1. The van der Waals surface area contributed by atoms with Crippen LogP contribution < -0.4 is 22.1 Å². The zero-order valence-electron chi connectivity index (χ0n) is 12.9. The lowest BCUT2D eigenvalue weighted by molar-refractivity contribution is 0.343. The maximum absolute atomic E-state index is 11.1. The molecule has 1 fully saturated rings. The normalized spacial score (nSPS) is 17.1. The van der Waals surface area contributed by atoms with Gasteiger partial charge in [-0.2, -0.15) is 0 Å². The zero-order chi connectivity index (χ0) is 16.4. The molecule has 1 aromatic heterocycles. The van der Waals surface area contributed by atoms with Crippen LogP contribution in [0.1, 0.15) is 19.8 Å². The summed E-state index contributed by atoms with van der Waals surface area (Å²) in [6.07, 6.45) is 2.24. The molecule has 0 amide bonds. The molecule has 124 valence electrons. The summed E-state index contributed by atoms with van der Waals surface area (Å²) in [6, 6.07) is 3.70. The van der Waals surface area contributed by atoms with Crippen molar-refractivity contribution in [2.24, 2.45) is 5.92 Å². The van der Waals surface area contributed by atoms with Gasteiger partial charge in [0.1, 0.15) is 0 Å². The molecule has 5 N–H and O–H groups in total. The van der Waals surface area contributed by atoms with Crippen molar-refractivity contribution in [3.63, 3.8) is 0 Å². The van der Waals surface area contributed by atoms with Crippen molar-refractivity contribution in [1.29, 1.82) is 0 Å². The van der Waals surface area contributed by atoms with E-state index in [2.05, 4.69) is 27.8 Å². The SMILES string of the molecule is CC(Nc1cc(-c2n[nH]c(=O)o2)cc(N)c1Cl)C1CCNCC1. The number of halogens is 1. The average molecular weight is 338 g/mol. The number of hydrogen-bond donors (Lipinski definition) is 4. The topological polar surface area (TPSA) is 109 Å². The van der Waals surface area contributed by atoms with Crippen LogP contribution >= 0.6 is 11.6 Å². The first-order valence-corrected chi connectivity index (χ1v) is 8.04. The summed E-state index contributed by atoms with van der Waals surface area (Å²) < 4.78 is 4.98. The molecule has 0 aliphatic carbocycles.